The molecule has 2 aromatic heterocycles. The molecule has 0 atom stereocenters. The van der Waals surface area contributed by atoms with Gasteiger partial charge in [-0.1, -0.05) is 60.5 Å². The minimum Gasteiger partial charge on any atom is -0.351 e. The standard InChI is InChI=1S/C25H21F3N4O2S/c26-25(27,28)22-31-20(32-34-22)17-9-6-10-18(13-17)21(33)29-15-24(11-4-5-12-24)23-30-19(14-35-23)16-7-2-1-3-8-16/h1-3,6-10,13-14H,4-5,11-12,15H2,(H,29,33). The first-order valence-corrected chi connectivity index (χ1v) is 12.0. The van der Waals surface area contributed by atoms with E-state index in [1.54, 1.807) is 23.5 Å². The van der Waals surface area contributed by atoms with Crippen LogP contribution in [0.5, 0.6) is 0 Å². The second-order valence-corrected chi connectivity index (χ2v) is 9.43. The molecule has 1 amide bonds. The highest BCUT2D eigenvalue weighted by molar-refractivity contribution is 7.10. The number of halogens is 3. The highest BCUT2D eigenvalue weighted by atomic mass is 32.1. The van der Waals surface area contributed by atoms with Crippen LogP contribution in [0, 0.1) is 0 Å². The van der Waals surface area contributed by atoms with Crippen LogP contribution in [0.1, 0.15) is 46.9 Å². The van der Waals surface area contributed by atoms with Gasteiger partial charge in [0.1, 0.15) is 5.01 Å². The van der Waals surface area contributed by atoms with E-state index in [-0.39, 0.29) is 22.7 Å². The number of aromatic nitrogens is 3. The van der Waals surface area contributed by atoms with Crippen molar-refractivity contribution in [2.45, 2.75) is 37.3 Å². The van der Waals surface area contributed by atoms with E-state index < -0.39 is 12.1 Å². The topological polar surface area (TPSA) is 80.9 Å². The number of alkyl halides is 3. The van der Waals surface area contributed by atoms with Crippen molar-refractivity contribution in [2.75, 3.05) is 6.54 Å². The second-order valence-electron chi connectivity index (χ2n) is 8.58. The lowest BCUT2D eigenvalue weighted by Crippen LogP contribution is -2.39. The molecule has 0 aliphatic heterocycles. The fraction of sp³-hybridized carbons (Fsp3) is 0.280. The number of nitrogens with one attached hydrogen (secondary N) is 1. The summed E-state index contributed by atoms with van der Waals surface area (Å²) in [6.07, 6.45) is -0.752. The molecule has 6 nitrogen and oxygen atoms in total. The van der Waals surface area contributed by atoms with Crippen LogP contribution in [-0.4, -0.2) is 27.6 Å². The lowest BCUT2D eigenvalue weighted by molar-refractivity contribution is -0.159. The van der Waals surface area contributed by atoms with E-state index in [0.29, 0.717) is 12.1 Å². The lowest BCUT2D eigenvalue weighted by atomic mass is 9.86. The molecule has 0 bridgehead atoms. The Labute approximate surface area is 203 Å². The maximum Gasteiger partial charge on any atom is 0.471 e. The van der Waals surface area contributed by atoms with Gasteiger partial charge in [-0.15, -0.1) is 11.3 Å². The van der Waals surface area contributed by atoms with Gasteiger partial charge in [-0.25, -0.2) is 4.98 Å². The first-order chi connectivity index (χ1) is 16.8. The first-order valence-electron chi connectivity index (χ1n) is 11.2. The van der Waals surface area contributed by atoms with E-state index in [2.05, 4.69) is 25.4 Å². The van der Waals surface area contributed by atoms with Crippen LogP contribution < -0.4 is 5.32 Å². The number of carbonyl (C=O) groups excluding carboxylic acids is 1. The summed E-state index contributed by atoms with van der Waals surface area (Å²) in [7, 11) is 0. The largest absolute Gasteiger partial charge is 0.471 e. The van der Waals surface area contributed by atoms with Crippen molar-refractivity contribution in [1.29, 1.82) is 0 Å². The number of amides is 1. The summed E-state index contributed by atoms with van der Waals surface area (Å²) in [6, 6.07) is 16.1. The number of thiazole rings is 1. The van der Waals surface area contributed by atoms with Gasteiger partial charge in [-0.05, 0) is 25.0 Å². The minimum absolute atomic E-state index is 0.226. The summed E-state index contributed by atoms with van der Waals surface area (Å²) in [6.45, 7) is 0.429. The van der Waals surface area contributed by atoms with Crippen molar-refractivity contribution in [3.63, 3.8) is 0 Å². The van der Waals surface area contributed by atoms with Gasteiger partial charge < -0.3 is 9.84 Å². The third kappa shape index (κ3) is 4.84. The van der Waals surface area contributed by atoms with Gasteiger partial charge in [0.15, 0.2) is 0 Å². The Kier molecular flexibility index (Phi) is 6.14. The Bertz CT molecular complexity index is 1330. The smallest absolute Gasteiger partial charge is 0.351 e. The molecule has 0 spiro atoms. The average Bonchev–Trinajstić information content (AvgIpc) is 3.64. The quantitative estimate of drug-likeness (QED) is 0.346. The van der Waals surface area contributed by atoms with Crippen LogP contribution >= 0.6 is 11.3 Å². The summed E-state index contributed by atoms with van der Waals surface area (Å²) in [5.41, 5.74) is 2.31. The molecule has 5 rings (SSSR count). The van der Waals surface area contributed by atoms with Gasteiger partial charge in [0.25, 0.3) is 5.91 Å². The van der Waals surface area contributed by atoms with E-state index in [4.69, 9.17) is 4.98 Å². The maximum atomic E-state index is 13.0. The third-order valence-corrected chi connectivity index (χ3v) is 7.32. The number of hydrogen-bond acceptors (Lipinski definition) is 6. The molecule has 35 heavy (non-hydrogen) atoms. The molecule has 0 radical (unpaired) electrons. The fourth-order valence-electron chi connectivity index (χ4n) is 4.38. The Morgan fingerprint density at radius 3 is 2.49 bits per heavy atom. The van der Waals surface area contributed by atoms with Gasteiger partial charge in [-0.3, -0.25) is 4.79 Å². The summed E-state index contributed by atoms with van der Waals surface area (Å²) >= 11 is 1.61. The molecule has 180 valence electrons. The van der Waals surface area contributed by atoms with Crippen LogP contribution in [-0.2, 0) is 11.6 Å². The summed E-state index contributed by atoms with van der Waals surface area (Å²) < 4.78 is 42.6. The predicted octanol–water partition coefficient (Wildman–Crippen LogP) is 6.12. The number of benzene rings is 2. The SMILES string of the molecule is O=C(NCC1(c2nc(-c3ccccc3)cs2)CCCC1)c1cccc(-c2noc(C(F)(F)F)n2)c1. The van der Waals surface area contributed by atoms with Crippen molar-refractivity contribution >= 4 is 17.2 Å². The zero-order valence-electron chi connectivity index (χ0n) is 18.5. The average molecular weight is 499 g/mol. The van der Waals surface area contributed by atoms with Crippen LogP contribution in [0.25, 0.3) is 22.6 Å². The Balaban J connectivity index is 1.32. The van der Waals surface area contributed by atoms with Crippen molar-refractivity contribution in [3.05, 3.63) is 76.4 Å². The molecule has 2 aromatic carbocycles. The van der Waals surface area contributed by atoms with Crippen molar-refractivity contribution in [1.82, 2.24) is 20.4 Å². The molecule has 0 saturated heterocycles. The number of rotatable bonds is 6. The van der Waals surface area contributed by atoms with E-state index in [9.17, 15) is 18.0 Å². The lowest BCUT2D eigenvalue weighted by Gasteiger charge is -2.27. The Morgan fingerprint density at radius 1 is 1.03 bits per heavy atom. The summed E-state index contributed by atoms with van der Waals surface area (Å²) in [4.78, 5) is 21.3. The monoisotopic (exact) mass is 498 g/mol. The molecule has 1 N–H and O–H groups in total. The molecule has 1 saturated carbocycles. The molecule has 2 heterocycles. The van der Waals surface area contributed by atoms with E-state index in [0.717, 1.165) is 41.9 Å². The molecule has 1 fully saturated rings. The number of nitrogens with zero attached hydrogens (tertiary/aromatic N) is 3. The third-order valence-electron chi connectivity index (χ3n) is 6.23. The van der Waals surface area contributed by atoms with E-state index in [1.165, 1.54) is 12.1 Å². The van der Waals surface area contributed by atoms with E-state index >= 15 is 0 Å². The van der Waals surface area contributed by atoms with Gasteiger partial charge in [0.05, 0.1) is 5.69 Å². The zero-order valence-corrected chi connectivity index (χ0v) is 19.3. The van der Waals surface area contributed by atoms with Crippen molar-refractivity contribution in [2.24, 2.45) is 0 Å². The van der Waals surface area contributed by atoms with Crippen LogP contribution in [0.4, 0.5) is 13.2 Å². The zero-order chi connectivity index (χ0) is 24.5. The minimum atomic E-state index is -4.73. The highest BCUT2D eigenvalue weighted by Crippen LogP contribution is 2.43. The Hall–Kier alpha value is -3.53. The number of hydrogen-bond donors (Lipinski definition) is 1. The molecule has 10 heteroatoms. The fourth-order valence-corrected chi connectivity index (χ4v) is 5.47. The molecule has 0 unspecified atom stereocenters. The molecule has 1 aliphatic rings. The van der Waals surface area contributed by atoms with Crippen LogP contribution in [0.2, 0.25) is 0 Å². The van der Waals surface area contributed by atoms with Crippen molar-refractivity contribution < 1.29 is 22.5 Å². The molecular weight excluding hydrogens is 477 g/mol. The first kappa shape index (κ1) is 23.2. The van der Waals surface area contributed by atoms with Crippen LogP contribution in [0.15, 0.2) is 64.5 Å². The van der Waals surface area contributed by atoms with Gasteiger partial charge in [0.2, 0.25) is 5.82 Å². The predicted molar refractivity (Wildman–Crippen MR) is 125 cm³/mol. The molecule has 1 aliphatic carbocycles. The summed E-state index contributed by atoms with van der Waals surface area (Å²) in [5.74, 6) is -1.98. The van der Waals surface area contributed by atoms with Crippen LogP contribution in [0.3, 0.4) is 0 Å². The normalized spacial score (nSPS) is 15.3. The Morgan fingerprint density at radius 2 is 1.77 bits per heavy atom. The molecule has 4 aromatic rings. The summed E-state index contributed by atoms with van der Waals surface area (Å²) in [5, 5.41) is 9.48. The van der Waals surface area contributed by atoms with Gasteiger partial charge in [-0.2, -0.15) is 18.2 Å². The van der Waals surface area contributed by atoms with Crippen molar-refractivity contribution in [3.8, 4) is 22.6 Å². The highest BCUT2D eigenvalue weighted by Gasteiger charge is 2.39. The molecular formula is C25H21F3N4O2S. The van der Waals surface area contributed by atoms with E-state index in [1.807, 2.05) is 30.3 Å². The second kappa shape index (κ2) is 9.26. The van der Waals surface area contributed by atoms with Gasteiger partial charge in [0, 0.05) is 34.0 Å². The van der Waals surface area contributed by atoms with Gasteiger partial charge >= 0.3 is 12.1 Å². The number of carbonyl (C=O) groups is 1. The maximum absolute atomic E-state index is 13.0.